The van der Waals surface area contributed by atoms with Crippen molar-refractivity contribution in [2.75, 3.05) is 0 Å². The standard InChI is InChI=1S/C12H17N.ClH/c1-9-5-7-11(8-6-9)12(13)10-3-2-4-10;/h5-8,10,12H,2-4,13H2,1H3;1H/t12-;/m0./s1. The molecule has 1 nitrogen and oxygen atoms in total. The molecule has 2 rings (SSSR count). The molecule has 1 aromatic rings. The molecular formula is C12H18ClN. The number of hydrogen-bond donors (Lipinski definition) is 1. The van der Waals surface area contributed by atoms with Crippen LogP contribution in [0.2, 0.25) is 0 Å². The van der Waals surface area contributed by atoms with E-state index in [-0.39, 0.29) is 18.4 Å². The van der Waals surface area contributed by atoms with E-state index in [1.807, 2.05) is 0 Å². The van der Waals surface area contributed by atoms with Crippen molar-refractivity contribution < 1.29 is 0 Å². The highest BCUT2D eigenvalue weighted by molar-refractivity contribution is 5.85. The molecule has 0 amide bonds. The summed E-state index contributed by atoms with van der Waals surface area (Å²) in [6.07, 6.45) is 3.99. The highest BCUT2D eigenvalue weighted by Crippen LogP contribution is 2.35. The van der Waals surface area contributed by atoms with Gasteiger partial charge in [-0.05, 0) is 31.2 Å². The molecule has 0 spiro atoms. The van der Waals surface area contributed by atoms with Crippen LogP contribution in [0.4, 0.5) is 0 Å². The average molecular weight is 212 g/mol. The van der Waals surface area contributed by atoms with Gasteiger partial charge in [-0.2, -0.15) is 0 Å². The van der Waals surface area contributed by atoms with Crippen LogP contribution in [0, 0.1) is 12.8 Å². The zero-order chi connectivity index (χ0) is 9.26. The van der Waals surface area contributed by atoms with Gasteiger partial charge in [0.15, 0.2) is 0 Å². The average Bonchev–Trinajstić information content (AvgIpc) is 2.02. The van der Waals surface area contributed by atoms with E-state index < -0.39 is 0 Å². The van der Waals surface area contributed by atoms with Crippen molar-refractivity contribution in [1.82, 2.24) is 0 Å². The monoisotopic (exact) mass is 211 g/mol. The van der Waals surface area contributed by atoms with Gasteiger partial charge in [0.1, 0.15) is 0 Å². The van der Waals surface area contributed by atoms with E-state index in [2.05, 4.69) is 31.2 Å². The molecule has 2 N–H and O–H groups in total. The van der Waals surface area contributed by atoms with Crippen LogP contribution in [-0.4, -0.2) is 0 Å². The Balaban J connectivity index is 0.000000980. The zero-order valence-corrected chi connectivity index (χ0v) is 9.39. The normalized spacial score (nSPS) is 18.1. The van der Waals surface area contributed by atoms with Crippen LogP contribution in [0.15, 0.2) is 24.3 Å². The molecule has 1 atom stereocenters. The van der Waals surface area contributed by atoms with E-state index in [1.165, 1.54) is 30.4 Å². The number of halogens is 1. The Bertz CT molecular complexity index is 277. The van der Waals surface area contributed by atoms with Crippen LogP contribution < -0.4 is 5.73 Å². The quantitative estimate of drug-likeness (QED) is 0.799. The fourth-order valence-electron chi connectivity index (χ4n) is 1.86. The first-order chi connectivity index (χ1) is 6.27. The first kappa shape index (κ1) is 11.5. The summed E-state index contributed by atoms with van der Waals surface area (Å²) >= 11 is 0. The SMILES string of the molecule is Cc1ccc([C@@H](N)C2CCC2)cc1.Cl. The van der Waals surface area contributed by atoms with E-state index in [4.69, 9.17) is 5.73 Å². The molecule has 0 aliphatic heterocycles. The van der Waals surface area contributed by atoms with Gasteiger partial charge in [0, 0.05) is 6.04 Å². The number of rotatable bonds is 2. The first-order valence-corrected chi connectivity index (χ1v) is 5.09. The fourth-order valence-corrected chi connectivity index (χ4v) is 1.86. The Morgan fingerprint density at radius 1 is 1.21 bits per heavy atom. The summed E-state index contributed by atoms with van der Waals surface area (Å²) in [6, 6.07) is 8.90. The van der Waals surface area contributed by atoms with Crippen molar-refractivity contribution in [3.8, 4) is 0 Å². The van der Waals surface area contributed by atoms with Crippen LogP contribution in [0.5, 0.6) is 0 Å². The Morgan fingerprint density at radius 2 is 1.79 bits per heavy atom. The summed E-state index contributed by atoms with van der Waals surface area (Å²) in [5.41, 5.74) is 8.76. The molecule has 1 aliphatic rings. The van der Waals surface area contributed by atoms with Crippen molar-refractivity contribution in [3.05, 3.63) is 35.4 Å². The second kappa shape index (κ2) is 4.81. The van der Waals surface area contributed by atoms with Gasteiger partial charge in [-0.1, -0.05) is 36.2 Å². The molecule has 0 unspecified atom stereocenters. The lowest BCUT2D eigenvalue weighted by Crippen LogP contribution is -2.26. The second-order valence-electron chi connectivity index (χ2n) is 4.13. The lowest BCUT2D eigenvalue weighted by molar-refractivity contribution is 0.264. The van der Waals surface area contributed by atoms with Crippen LogP contribution >= 0.6 is 12.4 Å². The lowest BCUT2D eigenvalue weighted by Gasteiger charge is -2.31. The Hall–Kier alpha value is -0.530. The van der Waals surface area contributed by atoms with Crippen molar-refractivity contribution in [1.29, 1.82) is 0 Å². The summed E-state index contributed by atoms with van der Waals surface area (Å²) < 4.78 is 0. The Labute approximate surface area is 92.1 Å². The summed E-state index contributed by atoms with van der Waals surface area (Å²) in [4.78, 5) is 0. The third kappa shape index (κ3) is 2.28. The lowest BCUT2D eigenvalue weighted by atomic mass is 9.77. The molecule has 1 aliphatic carbocycles. The Morgan fingerprint density at radius 3 is 2.21 bits per heavy atom. The minimum absolute atomic E-state index is 0. The summed E-state index contributed by atoms with van der Waals surface area (Å²) in [7, 11) is 0. The number of benzene rings is 1. The van der Waals surface area contributed by atoms with Crippen molar-refractivity contribution in [3.63, 3.8) is 0 Å². The third-order valence-corrected chi connectivity index (χ3v) is 3.12. The van der Waals surface area contributed by atoms with Gasteiger partial charge in [0.05, 0.1) is 0 Å². The molecule has 1 saturated carbocycles. The minimum atomic E-state index is 0. The number of hydrogen-bond acceptors (Lipinski definition) is 1. The smallest absolute Gasteiger partial charge is 0.0323 e. The van der Waals surface area contributed by atoms with Crippen LogP contribution in [0.25, 0.3) is 0 Å². The van der Waals surface area contributed by atoms with Gasteiger partial charge >= 0.3 is 0 Å². The molecule has 0 aromatic heterocycles. The van der Waals surface area contributed by atoms with Crippen LogP contribution in [0.1, 0.15) is 36.4 Å². The predicted octanol–water partition coefficient (Wildman–Crippen LogP) is 3.22. The molecule has 1 fully saturated rings. The van der Waals surface area contributed by atoms with Crippen molar-refractivity contribution in [2.24, 2.45) is 11.7 Å². The molecule has 0 radical (unpaired) electrons. The second-order valence-corrected chi connectivity index (χ2v) is 4.13. The maximum atomic E-state index is 6.15. The molecular weight excluding hydrogens is 194 g/mol. The number of aryl methyl sites for hydroxylation is 1. The minimum Gasteiger partial charge on any atom is -0.324 e. The molecule has 0 heterocycles. The van der Waals surface area contributed by atoms with Crippen LogP contribution in [-0.2, 0) is 0 Å². The van der Waals surface area contributed by atoms with Gasteiger partial charge in [-0.15, -0.1) is 12.4 Å². The summed E-state index contributed by atoms with van der Waals surface area (Å²) in [5.74, 6) is 0.739. The number of nitrogens with two attached hydrogens (primary N) is 1. The molecule has 1 aromatic carbocycles. The molecule has 2 heteroatoms. The van der Waals surface area contributed by atoms with Gasteiger partial charge < -0.3 is 5.73 Å². The van der Waals surface area contributed by atoms with E-state index in [9.17, 15) is 0 Å². The van der Waals surface area contributed by atoms with Crippen molar-refractivity contribution >= 4 is 12.4 Å². The molecule has 0 bridgehead atoms. The van der Waals surface area contributed by atoms with Gasteiger partial charge in [-0.25, -0.2) is 0 Å². The first-order valence-electron chi connectivity index (χ1n) is 5.09. The third-order valence-electron chi connectivity index (χ3n) is 3.12. The molecule has 0 saturated heterocycles. The topological polar surface area (TPSA) is 26.0 Å². The summed E-state index contributed by atoms with van der Waals surface area (Å²) in [6.45, 7) is 2.11. The Kier molecular flexibility index (Phi) is 3.97. The van der Waals surface area contributed by atoms with Crippen molar-refractivity contribution in [2.45, 2.75) is 32.2 Å². The van der Waals surface area contributed by atoms with Gasteiger partial charge in [0.25, 0.3) is 0 Å². The van der Waals surface area contributed by atoms with E-state index in [0.717, 1.165) is 5.92 Å². The van der Waals surface area contributed by atoms with Gasteiger partial charge in [0.2, 0.25) is 0 Å². The molecule has 78 valence electrons. The van der Waals surface area contributed by atoms with Crippen LogP contribution in [0.3, 0.4) is 0 Å². The molecule has 14 heavy (non-hydrogen) atoms. The van der Waals surface area contributed by atoms with E-state index in [1.54, 1.807) is 0 Å². The van der Waals surface area contributed by atoms with E-state index in [0.29, 0.717) is 0 Å². The van der Waals surface area contributed by atoms with Gasteiger partial charge in [-0.3, -0.25) is 0 Å². The highest BCUT2D eigenvalue weighted by Gasteiger charge is 2.25. The fraction of sp³-hybridized carbons (Fsp3) is 0.500. The predicted molar refractivity (Wildman–Crippen MR) is 62.7 cm³/mol. The van der Waals surface area contributed by atoms with E-state index >= 15 is 0 Å². The highest BCUT2D eigenvalue weighted by atomic mass is 35.5. The largest absolute Gasteiger partial charge is 0.324 e. The zero-order valence-electron chi connectivity index (χ0n) is 8.57. The maximum absolute atomic E-state index is 6.15. The summed E-state index contributed by atoms with van der Waals surface area (Å²) in [5, 5.41) is 0. The maximum Gasteiger partial charge on any atom is 0.0323 e.